The molecule has 0 atom stereocenters. The summed E-state index contributed by atoms with van der Waals surface area (Å²) in [6.07, 6.45) is 1.73. The molecule has 156 valence electrons. The third-order valence-electron chi connectivity index (χ3n) is 4.25. The molecule has 30 heavy (non-hydrogen) atoms. The average molecular weight is 408 g/mol. The number of guanidine groups is 1. The van der Waals surface area contributed by atoms with Crippen LogP contribution in [-0.4, -0.2) is 24.6 Å². The van der Waals surface area contributed by atoms with Gasteiger partial charge >= 0.3 is 0 Å². The fourth-order valence-corrected chi connectivity index (χ4v) is 2.72. The maximum absolute atomic E-state index is 13.7. The van der Waals surface area contributed by atoms with Gasteiger partial charge in [-0.1, -0.05) is 36.4 Å². The molecule has 0 aliphatic rings. The van der Waals surface area contributed by atoms with E-state index in [4.69, 9.17) is 9.47 Å². The average Bonchev–Trinajstić information content (AvgIpc) is 2.77. The van der Waals surface area contributed by atoms with Gasteiger partial charge in [-0.05, 0) is 30.7 Å². The minimum Gasteiger partial charge on any atom is -0.490 e. The quantitative estimate of drug-likeness (QED) is 0.430. The van der Waals surface area contributed by atoms with Gasteiger partial charge < -0.3 is 20.1 Å². The van der Waals surface area contributed by atoms with Gasteiger partial charge in [-0.25, -0.2) is 9.37 Å². The molecule has 0 radical (unpaired) electrons. The molecule has 1 heterocycles. The maximum atomic E-state index is 13.7. The molecule has 0 spiro atoms. The van der Waals surface area contributed by atoms with Crippen LogP contribution < -0.4 is 20.1 Å². The molecule has 1 aromatic heterocycles. The first-order valence-electron chi connectivity index (χ1n) is 9.72. The third-order valence-corrected chi connectivity index (χ3v) is 4.25. The Balaban J connectivity index is 1.53. The van der Waals surface area contributed by atoms with E-state index in [9.17, 15) is 4.39 Å². The molecule has 0 unspecified atom stereocenters. The minimum atomic E-state index is -0.244. The van der Waals surface area contributed by atoms with Crippen LogP contribution in [0.4, 0.5) is 4.39 Å². The van der Waals surface area contributed by atoms with Crippen LogP contribution in [0, 0.1) is 5.82 Å². The zero-order valence-electron chi connectivity index (χ0n) is 17.1. The first kappa shape index (κ1) is 21.1. The summed E-state index contributed by atoms with van der Waals surface area (Å²) < 4.78 is 25.1. The summed E-state index contributed by atoms with van der Waals surface area (Å²) in [5.41, 5.74) is 1.53. The lowest BCUT2D eigenvalue weighted by atomic mass is 10.2. The van der Waals surface area contributed by atoms with Crippen molar-refractivity contribution in [2.45, 2.75) is 20.0 Å². The highest BCUT2D eigenvalue weighted by atomic mass is 19.1. The zero-order valence-corrected chi connectivity index (χ0v) is 17.1. The normalized spacial score (nSPS) is 11.1. The SMILES string of the molecule is CCOc1ccccc1Oc1ccc(CNC(=NC)NCc2ccccc2F)cn1. The fraction of sp³-hybridized carbons (Fsp3) is 0.217. The highest BCUT2D eigenvalue weighted by Gasteiger charge is 2.07. The Hall–Kier alpha value is -3.61. The van der Waals surface area contributed by atoms with Crippen molar-refractivity contribution in [1.82, 2.24) is 15.6 Å². The molecule has 2 aromatic carbocycles. The molecular formula is C23H25FN4O2. The Kier molecular flexibility index (Phi) is 7.60. The summed E-state index contributed by atoms with van der Waals surface area (Å²) in [5.74, 6) is 2.11. The summed E-state index contributed by atoms with van der Waals surface area (Å²) >= 11 is 0. The summed E-state index contributed by atoms with van der Waals surface area (Å²) in [4.78, 5) is 8.52. The number of halogens is 1. The van der Waals surface area contributed by atoms with E-state index in [1.54, 1.807) is 37.5 Å². The summed E-state index contributed by atoms with van der Waals surface area (Å²) in [5, 5.41) is 6.28. The topological polar surface area (TPSA) is 67.8 Å². The zero-order chi connectivity index (χ0) is 21.2. The molecule has 0 amide bonds. The molecule has 0 fully saturated rings. The van der Waals surface area contributed by atoms with Crippen LogP contribution in [0.1, 0.15) is 18.1 Å². The van der Waals surface area contributed by atoms with Crippen molar-refractivity contribution in [3.05, 3.63) is 83.8 Å². The smallest absolute Gasteiger partial charge is 0.219 e. The van der Waals surface area contributed by atoms with Gasteiger partial charge in [0.25, 0.3) is 0 Å². The van der Waals surface area contributed by atoms with E-state index in [-0.39, 0.29) is 5.82 Å². The predicted molar refractivity (Wildman–Crippen MR) is 115 cm³/mol. The van der Waals surface area contributed by atoms with Crippen molar-refractivity contribution in [2.75, 3.05) is 13.7 Å². The Morgan fingerprint density at radius 1 is 0.967 bits per heavy atom. The summed E-state index contributed by atoms with van der Waals surface area (Å²) in [6.45, 7) is 3.34. The van der Waals surface area contributed by atoms with Gasteiger partial charge in [0, 0.05) is 38.0 Å². The molecule has 0 aliphatic carbocycles. The van der Waals surface area contributed by atoms with Crippen LogP contribution in [0.25, 0.3) is 0 Å². The third kappa shape index (κ3) is 5.94. The molecule has 0 saturated carbocycles. The molecular weight excluding hydrogens is 383 g/mol. The lowest BCUT2D eigenvalue weighted by Gasteiger charge is -2.13. The highest BCUT2D eigenvalue weighted by Crippen LogP contribution is 2.30. The number of rotatable bonds is 8. The number of aliphatic imine (C=N–C) groups is 1. The van der Waals surface area contributed by atoms with E-state index in [2.05, 4.69) is 20.6 Å². The van der Waals surface area contributed by atoms with E-state index in [0.29, 0.717) is 48.6 Å². The molecule has 6 nitrogen and oxygen atoms in total. The van der Waals surface area contributed by atoms with E-state index < -0.39 is 0 Å². The van der Waals surface area contributed by atoms with Crippen molar-refractivity contribution in [3.8, 4) is 17.4 Å². The second-order valence-electron chi connectivity index (χ2n) is 6.36. The van der Waals surface area contributed by atoms with Crippen molar-refractivity contribution in [2.24, 2.45) is 4.99 Å². The van der Waals surface area contributed by atoms with E-state index >= 15 is 0 Å². The number of nitrogens with zero attached hydrogens (tertiary/aromatic N) is 2. The molecule has 3 aromatic rings. The van der Waals surface area contributed by atoms with Crippen LogP contribution in [0.2, 0.25) is 0 Å². The molecule has 0 aliphatic heterocycles. The van der Waals surface area contributed by atoms with Crippen molar-refractivity contribution in [1.29, 1.82) is 0 Å². The Morgan fingerprint density at radius 2 is 1.70 bits per heavy atom. The van der Waals surface area contributed by atoms with Crippen molar-refractivity contribution in [3.63, 3.8) is 0 Å². The molecule has 3 rings (SSSR count). The van der Waals surface area contributed by atoms with Gasteiger partial charge in [0.15, 0.2) is 17.5 Å². The Morgan fingerprint density at radius 3 is 2.40 bits per heavy atom. The number of hydrogen-bond donors (Lipinski definition) is 2. The summed E-state index contributed by atoms with van der Waals surface area (Å²) in [7, 11) is 1.67. The van der Waals surface area contributed by atoms with Crippen LogP contribution in [-0.2, 0) is 13.1 Å². The Bertz CT molecular complexity index is 977. The maximum Gasteiger partial charge on any atom is 0.219 e. The van der Waals surface area contributed by atoms with Gasteiger partial charge in [-0.15, -0.1) is 0 Å². The largest absolute Gasteiger partial charge is 0.490 e. The van der Waals surface area contributed by atoms with Gasteiger partial charge in [-0.2, -0.15) is 0 Å². The van der Waals surface area contributed by atoms with Gasteiger partial charge in [0.05, 0.1) is 6.61 Å². The Labute approximate surface area is 175 Å². The first-order valence-corrected chi connectivity index (χ1v) is 9.72. The number of ether oxygens (including phenoxy) is 2. The van der Waals surface area contributed by atoms with Crippen LogP contribution in [0.5, 0.6) is 17.4 Å². The predicted octanol–water partition coefficient (Wildman–Crippen LogP) is 4.28. The number of pyridine rings is 1. The van der Waals surface area contributed by atoms with Crippen LogP contribution in [0.3, 0.4) is 0 Å². The lowest BCUT2D eigenvalue weighted by molar-refractivity contribution is 0.319. The highest BCUT2D eigenvalue weighted by molar-refractivity contribution is 5.79. The van der Waals surface area contributed by atoms with Gasteiger partial charge in [0.1, 0.15) is 5.82 Å². The van der Waals surface area contributed by atoms with Gasteiger partial charge in [-0.3, -0.25) is 4.99 Å². The van der Waals surface area contributed by atoms with Crippen LogP contribution in [0.15, 0.2) is 71.9 Å². The monoisotopic (exact) mass is 408 g/mol. The van der Waals surface area contributed by atoms with E-state index in [1.165, 1.54) is 6.07 Å². The van der Waals surface area contributed by atoms with Crippen LogP contribution >= 0.6 is 0 Å². The standard InChI is InChI=1S/C23H25FN4O2/c1-3-29-20-10-6-7-11-21(20)30-22-13-12-17(14-26-22)15-27-23(25-2)28-16-18-8-4-5-9-19(18)24/h4-14H,3,15-16H2,1-2H3,(H2,25,27,28). The van der Waals surface area contributed by atoms with Crippen molar-refractivity contribution >= 4 is 5.96 Å². The number of benzene rings is 2. The second kappa shape index (κ2) is 10.8. The molecule has 0 bridgehead atoms. The molecule has 2 N–H and O–H groups in total. The fourth-order valence-electron chi connectivity index (χ4n) is 2.72. The second-order valence-corrected chi connectivity index (χ2v) is 6.36. The van der Waals surface area contributed by atoms with Crippen molar-refractivity contribution < 1.29 is 13.9 Å². The number of nitrogens with one attached hydrogen (secondary N) is 2. The summed E-state index contributed by atoms with van der Waals surface area (Å²) in [6, 6.07) is 17.9. The lowest BCUT2D eigenvalue weighted by Crippen LogP contribution is -2.36. The minimum absolute atomic E-state index is 0.244. The van der Waals surface area contributed by atoms with E-state index in [0.717, 1.165) is 5.56 Å². The number of hydrogen-bond acceptors (Lipinski definition) is 4. The van der Waals surface area contributed by atoms with Gasteiger partial charge in [0.2, 0.25) is 5.88 Å². The number of para-hydroxylation sites is 2. The van der Waals surface area contributed by atoms with E-state index in [1.807, 2.05) is 37.3 Å². The molecule has 7 heteroatoms. The first-order chi connectivity index (χ1) is 14.7. The number of aromatic nitrogens is 1. The molecule has 0 saturated heterocycles.